The molecule has 3 heteroatoms. The number of amides is 1. The molecule has 1 aliphatic rings. The first kappa shape index (κ1) is 14.4. The Morgan fingerprint density at radius 1 is 1.32 bits per heavy atom. The summed E-state index contributed by atoms with van der Waals surface area (Å²) in [7, 11) is 0. The van der Waals surface area contributed by atoms with E-state index in [1.807, 2.05) is 4.90 Å². The number of carbonyl (C=O) groups is 1. The summed E-state index contributed by atoms with van der Waals surface area (Å²) in [5, 5.41) is 0. The summed E-state index contributed by atoms with van der Waals surface area (Å²) < 4.78 is 0. The topological polar surface area (TPSA) is 20.3 Å². The van der Waals surface area contributed by atoms with Crippen molar-refractivity contribution in [3.8, 4) is 0 Å². The van der Waals surface area contributed by atoms with Crippen LogP contribution >= 0.6 is 11.6 Å². The Balaban J connectivity index is 1.96. The van der Waals surface area contributed by atoms with Crippen LogP contribution in [0.4, 0.5) is 0 Å². The van der Waals surface area contributed by atoms with Crippen LogP contribution < -0.4 is 0 Å². The molecule has 1 heterocycles. The van der Waals surface area contributed by atoms with Gasteiger partial charge >= 0.3 is 0 Å². The zero-order chi connectivity index (χ0) is 13.8. The Morgan fingerprint density at radius 3 is 2.63 bits per heavy atom. The summed E-state index contributed by atoms with van der Waals surface area (Å²) in [6.07, 6.45) is 2.61. The Hall–Kier alpha value is -1.02. The molecule has 0 bridgehead atoms. The van der Waals surface area contributed by atoms with Crippen molar-refractivity contribution in [2.75, 3.05) is 19.0 Å². The van der Waals surface area contributed by atoms with Gasteiger partial charge in [0.25, 0.3) is 0 Å². The molecule has 104 valence electrons. The lowest BCUT2D eigenvalue weighted by Gasteiger charge is -2.31. The van der Waals surface area contributed by atoms with E-state index in [4.69, 9.17) is 11.6 Å². The fourth-order valence-corrected chi connectivity index (χ4v) is 2.91. The highest BCUT2D eigenvalue weighted by Gasteiger charge is 2.22. The average molecular weight is 280 g/mol. The van der Waals surface area contributed by atoms with E-state index >= 15 is 0 Å². The van der Waals surface area contributed by atoms with Crippen LogP contribution in [0.3, 0.4) is 0 Å². The van der Waals surface area contributed by atoms with Gasteiger partial charge in [0.15, 0.2) is 0 Å². The van der Waals surface area contributed by atoms with Crippen molar-refractivity contribution in [3.05, 3.63) is 34.9 Å². The molecule has 1 fully saturated rings. The Kier molecular flexibility index (Phi) is 4.87. The van der Waals surface area contributed by atoms with Gasteiger partial charge in [0.1, 0.15) is 0 Å². The highest BCUT2D eigenvalue weighted by molar-refractivity contribution is 6.18. The van der Waals surface area contributed by atoms with Crippen LogP contribution in [0.2, 0.25) is 0 Å². The van der Waals surface area contributed by atoms with Crippen molar-refractivity contribution in [1.82, 2.24) is 4.90 Å². The van der Waals surface area contributed by atoms with E-state index < -0.39 is 0 Å². The molecular weight excluding hydrogens is 258 g/mol. The van der Waals surface area contributed by atoms with Crippen LogP contribution in [0.1, 0.15) is 29.5 Å². The molecule has 1 aromatic rings. The van der Waals surface area contributed by atoms with Crippen LogP contribution in [-0.2, 0) is 11.2 Å². The van der Waals surface area contributed by atoms with Crippen molar-refractivity contribution in [2.45, 2.75) is 33.1 Å². The molecule has 0 spiro atoms. The second kappa shape index (κ2) is 6.42. The number of hydrogen-bond acceptors (Lipinski definition) is 1. The lowest BCUT2D eigenvalue weighted by Crippen LogP contribution is -2.39. The van der Waals surface area contributed by atoms with Gasteiger partial charge < -0.3 is 4.90 Å². The molecule has 19 heavy (non-hydrogen) atoms. The SMILES string of the molecule is Cc1ccc(C)c(CC(=O)N2CCC(CCl)CC2)c1. The lowest BCUT2D eigenvalue weighted by molar-refractivity contribution is -0.131. The van der Waals surface area contributed by atoms with Crippen molar-refractivity contribution in [2.24, 2.45) is 5.92 Å². The molecule has 1 aromatic carbocycles. The molecule has 0 aromatic heterocycles. The van der Waals surface area contributed by atoms with Gasteiger partial charge in [0.05, 0.1) is 6.42 Å². The highest BCUT2D eigenvalue weighted by Crippen LogP contribution is 2.20. The molecule has 0 radical (unpaired) electrons. The quantitative estimate of drug-likeness (QED) is 0.777. The number of rotatable bonds is 3. The van der Waals surface area contributed by atoms with E-state index in [0.29, 0.717) is 12.3 Å². The van der Waals surface area contributed by atoms with Crippen LogP contribution in [0.25, 0.3) is 0 Å². The van der Waals surface area contributed by atoms with E-state index in [2.05, 4.69) is 32.0 Å². The third kappa shape index (κ3) is 3.73. The number of halogens is 1. The number of alkyl halides is 1. The minimum absolute atomic E-state index is 0.252. The van der Waals surface area contributed by atoms with Gasteiger partial charge in [-0.1, -0.05) is 23.8 Å². The number of nitrogens with zero attached hydrogens (tertiary/aromatic N) is 1. The Labute approximate surface area is 120 Å². The molecule has 1 saturated heterocycles. The molecule has 1 aliphatic heterocycles. The van der Waals surface area contributed by atoms with Gasteiger partial charge in [-0.25, -0.2) is 0 Å². The molecule has 0 aliphatic carbocycles. The first-order valence-electron chi connectivity index (χ1n) is 7.00. The smallest absolute Gasteiger partial charge is 0.226 e. The maximum Gasteiger partial charge on any atom is 0.226 e. The van der Waals surface area contributed by atoms with Gasteiger partial charge in [-0.2, -0.15) is 0 Å². The van der Waals surface area contributed by atoms with Gasteiger partial charge in [0.2, 0.25) is 5.91 Å². The number of aryl methyl sites for hydroxylation is 2. The number of piperidine rings is 1. The molecule has 2 nitrogen and oxygen atoms in total. The molecule has 0 unspecified atom stereocenters. The van der Waals surface area contributed by atoms with E-state index in [1.54, 1.807) is 0 Å². The van der Waals surface area contributed by atoms with Gasteiger partial charge in [-0.05, 0) is 43.7 Å². The average Bonchev–Trinajstić information content (AvgIpc) is 2.43. The third-order valence-electron chi connectivity index (χ3n) is 4.03. The van der Waals surface area contributed by atoms with Crippen LogP contribution in [-0.4, -0.2) is 29.8 Å². The second-order valence-electron chi connectivity index (χ2n) is 5.59. The van der Waals surface area contributed by atoms with E-state index in [-0.39, 0.29) is 5.91 Å². The molecule has 0 saturated carbocycles. The molecular formula is C16H22ClNO. The third-order valence-corrected chi connectivity index (χ3v) is 4.47. The van der Waals surface area contributed by atoms with Crippen LogP contribution in [0.15, 0.2) is 18.2 Å². The Bertz CT molecular complexity index is 450. The minimum Gasteiger partial charge on any atom is -0.342 e. The molecule has 1 amide bonds. The summed E-state index contributed by atoms with van der Waals surface area (Å²) in [5.74, 6) is 1.56. The monoisotopic (exact) mass is 279 g/mol. The molecule has 0 atom stereocenters. The summed E-state index contributed by atoms with van der Waals surface area (Å²) in [5.41, 5.74) is 3.58. The van der Waals surface area contributed by atoms with Gasteiger partial charge in [-0.3, -0.25) is 4.79 Å². The predicted molar refractivity (Wildman–Crippen MR) is 79.6 cm³/mol. The molecule has 0 N–H and O–H groups in total. The summed E-state index contributed by atoms with van der Waals surface area (Å²) in [4.78, 5) is 14.3. The largest absolute Gasteiger partial charge is 0.342 e. The minimum atomic E-state index is 0.252. The standard InChI is InChI=1S/C16H22ClNO/c1-12-3-4-13(2)15(9-12)10-16(19)18-7-5-14(11-17)6-8-18/h3-4,9,14H,5-8,10-11H2,1-2H3. The number of likely N-dealkylation sites (tertiary alicyclic amines) is 1. The van der Waals surface area contributed by atoms with Crippen molar-refractivity contribution in [3.63, 3.8) is 0 Å². The van der Waals surface area contributed by atoms with Crippen molar-refractivity contribution < 1.29 is 4.79 Å². The first-order chi connectivity index (χ1) is 9.10. The maximum absolute atomic E-state index is 12.3. The van der Waals surface area contributed by atoms with Crippen LogP contribution in [0.5, 0.6) is 0 Å². The fraction of sp³-hybridized carbons (Fsp3) is 0.562. The highest BCUT2D eigenvalue weighted by atomic mass is 35.5. The van der Waals surface area contributed by atoms with Gasteiger partial charge in [-0.15, -0.1) is 11.6 Å². The van der Waals surface area contributed by atoms with E-state index in [9.17, 15) is 4.79 Å². The van der Waals surface area contributed by atoms with Gasteiger partial charge in [0, 0.05) is 19.0 Å². The first-order valence-corrected chi connectivity index (χ1v) is 7.53. The van der Waals surface area contributed by atoms with Crippen molar-refractivity contribution >= 4 is 17.5 Å². The zero-order valence-corrected chi connectivity index (χ0v) is 12.5. The normalized spacial score (nSPS) is 16.7. The maximum atomic E-state index is 12.3. The number of hydrogen-bond donors (Lipinski definition) is 0. The van der Waals surface area contributed by atoms with Crippen LogP contribution in [0, 0.1) is 19.8 Å². The summed E-state index contributed by atoms with van der Waals surface area (Å²) in [6.45, 7) is 5.86. The Morgan fingerprint density at radius 2 is 2.00 bits per heavy atom. The van der Waals surface area contributed by atoms with Crippen molar-refractivity contribution in [1.29, 1.82) is 0 Å². The number of benzene rings is 1. The summed E-state index contributed by atoms with van der Waals surface area (Å²) in [6, 6.07) is 6.31. The second-order valence-corrected chi connectivity index (χ2v) is 5.89. The number of carbonyl (C=O) groups excluding carboxylic acids is 1. The summed E-state index contributed by atoms with van der Waals surface area (Å²) >= 11 is 5.87. The predicted octanol–water partition coefficient (Wildman–Crippen LogP) is 3.32. The van der Waals surface area contributed by atoms with E-state index in [1.165, 1.54) is 11.1 Å². The fourth-order valence-electron chi connectivity index (χ4n) is 2.60. The van der Waals surface area contributed by atoms with E-state index in [0.717, 1.165) is 37.4 Å². The lowest BCUT2D eigenvalue weighted by atomic mass is 9.97. The zero-order valence-electron chi connectivity index (χ0n) is 11.8. The molecule has 2 rings (SSSR count).